The number of hydrogen-bond acceptors (Lipinski definition) is 2. The Hall–Kier alpha value is -1.58. The Morgan fingerprint density at radius 1 is 1.20 bits per heavy atom. The zero-order valence-electron chi connectivity index (χ0n) is 12.4. The van der Waals surface area contributed by atoms with E-state index in [9.17, 15) is 4.39 Å². The van der Waals surface area contributed by atoms with Crippen LogP contribution in [0.15, 0.2) is 18.2 Å². The predicted molar refractivity (Wildman–Crippen MR) is 82.0 cm³/mol. The molecule has 1 heterocycles. The Kier molecular flexibility index (Phi) is 4.99. The lowest BCUT2D eigenvalue weighted by atomic mass is 10.0. The van der Waals surface area contributed by atoms with E-state index in [1.165, 1.54) is 37.8 Å². The first-order chi connectivity index (χ1) is 9.58. The van der Waals surface area contributed by atoms with Crippen LogP contribution in [0.5, 0.6) is 0 Å². The number of hydrogen-bond donors (Lipinski definition) is 1. The summed E-state index contributed by atoms with van der Waals surface area (Å²) < 4.78 is 15.1. The highest BCUT2D eigenvalue weighted by Gasteiger charge is 2.08. The quantitative estimate of drug-likeness (QED) is 0.764. The van der Waals surface area contributed by atoms with Crippen LogP contribution in [0.2, 0.25) is 0 Å². The maximum absolute atomic E-state index is 13.1. The molecule has 0 amide bonds. The molecule has 1 aromatic heterocycles. The average molecular weight is 277 g/mol. The first kappa shape index (κ1) is 14.8. The van der Waals surface area contributed by atoms with Crippen LogP contribution >= 0.6 is 0 Å². The zero-order chi connectivity index (χ0) is 14.5. The van der Waals surface area contributed by atoms with Crippen molar-refractivity contribution < 1.29 is 4.39 Å². The van der Waals surface area contributed by atoms with Gasteiger partial charge >= 0.3 is 0 Å². The Morgan fingerprint density at radius 3 is 2.70 bits per heavy atom. The number of aryl methyl sites for hydroxylation is 1. The minimum atomic E-state index is -0.268. The fourth-order valence-corrected chi connectivity index (χ4v) is 2.53. The van der Waals surface area contributed by atoms with Gasteiger partial charge in [0.25, 0.3) is 0 Å². The summed E-state index contributed by atoms with van der Waals surface area (Å²) in [6.07, 6.45) is 6.15. The number of benzene rings is 1. The first-order valence-corrected chi connectivity index (χ1v) is 7.49. The molecule has 0 saturated heterocycles. The number of aromatic nitrogens is 2. The Morgan fingerprint density at radius 2 is 1.95 bits per heavy atom. The minimum Gasteiger partial charge on any atom is -0.369 e. The average Bonchev–Trinajstić information content (AvgIpc) is 2.68. The van der Waals surface area contributed by atoms with E-state index in [-0.39, 0.29) is 5.82 Å². The highest BCUT2D eigenvalue weighted by molar-refractivity contribution is 5.78. The molecule has 0 aliphatic heterocycles. The summed E-state index contributed by atoms with van der Waals surface area (Å²) in [5.41, 5.74) is 7.48. The number of nitrogens with zero attached hydrogens (tertiary/aromatic N) is 2. The molecule has 0 saturated carbocycles. The third-order valence-corrected chi connectivity index (χ3v) is 3.65. The number of rotatable bonds is 7. The maximum atomic E-state index is 13.1. The SMILES string of the molecule is CC(C)CCCCCCn1c(N)nc2cc(F)ccc21. The van der Waals surface area contributed by atoms with E-state index in [4.69, 9.17) is 5.73 Å². The van der Waals surface area contributed by atoms with E-state index in [0.29, 0.717) is 11.5 Å². The van der Waals surface area contributed by atoms with Crippen LogP contribution in [0, 0.1) is 11.7 Å². The van der Waals surface area contributed by atoms with Crippen LogP contribution in [-0.2, 0) is 6.54 Å². The number of fused-ring (bicyclic) bond motifs is 1. The summed E-state index contributed by atoms with van der Waals surface area (Å²) in [7, 11) is 0. The van der Waals surface area contributed by atoms with Gasteiger partial charge in [-0.25, -0.2) is 9.37 Å². The number of anilines is 1. The molecule has 2 N–H and O–H groups in total. The molecule has 0 spiro atoms. The smallest absolute Gasteiger partial charge is 0.201 e. The molecule has 2 rings (SSSR count). The van der Waals surface area contributed by atoms with Crippen molar-refractivity contribution in [1.82, 2.24) is 9.55 Å². The molecule has 4 heteroatoms. The number of nitrogen functional groups attached to an aromatic ring is 1. The summed E-state index contributed by atoms with van der Waals surface area (Å²) in [6.45, 7) is 5.38. The number of nitrogens with two attached hydrogens (primary N) is 1. The van der Waals surface area contributed by atoms with E-state index >= 15 is 0 Å². The second kappa shape index (κ2) is 6.73. The lowest BCUT2D eigenvalue weighted by molar-refractivity contribution is 0.508. The molecule has 110 valence electrons. The molecule has 0 unspecified atom stereocenters. The third-order valence-electron chi connectivity index (χ3n) is 3.65. The fourth-order valence-electron chi connectivity index (χ4n) is 2.53. The van der Waals surface area contributed by atoms with Gasteiger partial charge in [0.2, 0.25) is 5.95 Å². The van der Waals surface area contributed by atoms with Gasteiger partial charge in [0.15, 0.2) is 0 Å². The molecule has 0 aliphatic rings. The molecule has 0 fully saturated rings. The molecule has 1 aromatic carbocycles. The van der Waals surface area contributed by atoms with Crippen LogP contribution in [0.3, 0.4) is 0 Å². The summed E-state index contributed by atoms with van der Waals surface area (Å²) in [5, 5.41) is 0. The van der Waals surface area contributed by atoms with Crippen LogP contribution in [-0.4, -0.2) is 9.55 Å². The van der Waals surface area contributed by atoms with E-state index in [1.54, 1.807) is 6.07 Å². The van der Waals surface area contributed by atoms with E-state index < -0.39 is 0 Å². The lowest BCUT2D eigenvalue weighted by Crippen LogP contribution is -2.03. The zero-order valence-corrected chi connectivity index (χ0v) is 12.4. The molecular weight excluding hydrogens is 253 g/mol. The molecule has 2 aromatic rings. The molecule has 0 atom stereocenters. The Bertz CT molecular complexity index is 560. The van der Waals surface area contributed by atoms with Crippen LogP contribution < -0.4 is 5.73 Å². The number of imidazole rings is 1. The van der Waals surface area contributed by atoms with Crippen molar-refractivity contribution in [3.8, 4) is 0 Å². The van der Waals surface area contributed by atoms with Gasteiger partial charge in [0, 0.05) is 12.6 Å². The Labute approximate surface area is 120 Å². The Balaban J connectivity index is 1.88. The summed E-state index contributed by atoms with van der Waals surface area (Å²) >= 11 is 0. The standard InChI is InChI=1S/C16H24FN3/c1-12(2)7-5-3-4-6-10-20-15-9-8-13(17)11-14(15)19-16(20)18/h8-9,11-12H,3-7,10H2,1-2H3,(H2,18,19). The number of unbranched alkanes of at least 4 members (excludes halogenated alkanes) is 3. The van der Waals surface area contributed by atoms with E-state index in [0.717, 1.165) is 24.4 Å². The lowest BCUT2D eigenvalue weighted by Gasteiger charge is -2.07. The normalized spacial score (nSPS) is 11.6. The van der Waals surface area contributed by atoms with Gasteiger partial charge in [0.1, 0.15) is 5.82 Å². The van der Waals surface area contributed by atoms with Crippen molar-refractivity contribution in [2.75, 3.05) is 5.73 Å². The topological polar surface area (TPSA) is 43.8 Å². The van der Waals surface area contributed by atoms with Gasteiger partial charge in [-0.05, 0) is 24.5 Å². The molecule has 0 aliphatic carbocycles. The van der Waals surface area contributed by atoms with Crippen molar-refractivity contribution in [1.29, 1.82) is 0 Å². The van der Waals surface area contributed by atoms with Gasteiger partial charge < -0.3 is 10.3 Å². The maximum Gasteiger partial charge on any atom is 0.201 e. The van der Waals surface area contributed by atoms with Gasteiger partial charge in [-0.1, -0.05) is 39.5 Å². The van der Waals surface area contributed by atoms with Gasteiger partial charge in [0.05, 0.1) is 11.0 Å². The van der Waals surface area contributed by atoms with Crippen LogP contribution in [0.4, 0.5) is 10.3 Å². The summed E-state index contributed by atoms with van der Waals surface area (Å²) in [6, 6.07) is 4.65. The predicted octanol–water partition coefficient (Wildman–Crippen LogP) is 4.36. The van der Waals surface area contributed by atoms with Gasteiger partial charge in [-0.3, -0.25) is 0 Å². The van der Waals surface area contributed by atoms with E-state index in [2.05, 4.69) is 18.8 Å². The van der Waals surface area contributed by atoms with Crippen molar-refractivity contribution in [2.24, 2.45) is 5.92 Å². The molecule has 20 heavy (non-hydrogen) atoms. The van der Waals surface area contributed by atoms with E-state index in [1.807, 2.05) is 4.57 Å². The number of halogens is 1. The molecular formula is C16H24FN3. The monoisotopic (exact) mass is 277 g/mol. The molecule has 3 nitrogen and oxygen atoms in total. The van der Waals surface area contributed by atoms with Crippen LogP contribution in [0.25, 0.3) is 11.0 Å². The van der Waals surface area contributed by atoms with Gasteiger partial charge in [-0.2, -0.15) is 0 Å². The van der Waals surface area contributed by atoms with Crippen molar-refractivity contribution in [3.63, 3.8) is 0 Å². The largest absolute Gasteiger partial charge is 0.369 e. The molecule has 0 bridgehead atoms. The van der Waals surface area contributed by atoms with Crippen molar-refractivity contribution in [2.45, 2.75) is 52.5 Å². The second-order valence-corrected chi connectivity index (χ2v) is 5.85. The summed E-state index contributed by atoms with van der Waals surface area (Å²) in [4.78, 5) is 4.21. The summed E-state index contributed by atoms with van der Waals surface area (Å²) in [5.74, 6) is 1.00. The fraction of sp³-hybridized carbons (Fsp3) is 0.562. The highest BCUT2D eigenvalue weighted by atomic mass is 19.1. The van der Waals surface area contributed by atoms with Gasteiger partial charge in [-0.15, -0.1) is 0 Å². The second-order valence-electron chi connectivity index (χ2n) is 5.85. The van der Waals surface area contributed by atoms with Crippen LogP contribution in [0.1, 0.15) is 46.0 Å². The third kappa shape index (κ3) is 3.71. The highest BCUT2D eigenvalue weighted by Crippen LogP contribution is 2.20. The van der Waals surface area contributed by atoms with Crippen molar-refractivity contribution in [3.05, 3.63) is 24.0 Å². The van der Waals surface area contributed by atoms with Crippen molar-refractivity contribution >= 4 is 17.0 Å². The minimum absolute atomic E-state index is 0.268. The molecule has 0 radical (unpaired) electrons. The first-order valence-electron chi connectivity index (χ1n) is 7.49.